The minimum atomic E-state index is -1.02. The van der Waals surface area contributed by atoms with Crippen molar-refractivity contribution >= 4 is 32.6 Å². The van der Waals surface area contributed by atoms with Gasteiger partial charge in [-0.2, -0.15) is 0 Å². The van der Waals surface area contributed by atoms with Crippen LogP contribution in [0.4, 0.5) is 0 Å². The van der Waals surface area contributed by atoms with Crippen LogP contribution in [0.25, 0.3) is 83.0 Å². The SMILES string of the molecule is [2H]c1c([2H])c([2H])c2c(c1[2H])-c1c([2H])c([2H])c(-c3c4ccccc4c(-c4ccc(-c5nc6ccccc6n5-c5ccccc5)cc4)c4ccccc34)c([2H])c1C2(C)C. The summed E-state index contributed by atoms with van der Waals surface area (Å²) in [5.74, 6) is 0.839. The first-order valence-corrected chi connectivity index (χ1v) is 16.8. The first kappa shape index (κ1) is 22.4. The third-order valence-electron chi connectivity index (χ3n) is 10.2. The van der Waals surface area contributed by atoms with E-state index in [9.17, 15) is 4.11 Å². The molecule has 0 spiro atoms. The molecule has 2 heteroatoms. The summed E-state index contributed by atoms with van der Waals surface area (Å²) in [4.78, 5) is 5.07. The van der Waals surface area contributed by atoms with E-state index in [0.29, 0.717) is 22.3 Å². The summed E-state index contributed by atoms with van der Waals surface area (Å²) in [6.07, 6.45) is 0. The Morgan fingerprint density at radius 3 is 1.78 bits per heavy atom. The number of rotatable bonds is 4. The fourth-order valence-corrected chi connectivity index (χ4v) is 7.83. The standard InChI is InChI=1S/C48H34N2/c1-48(2)41-21-11-10-16-35(41)36-29-28-33(30-42(36)48)46-39-19-8-6-17-37(39)45(38-18-7-9-20-40(38)46)31-24-26-32(27-25-31)47-49-43-22-12-13-23-44(43)50(47)34-14-4-3-5-15-34/h3-30H,1-2H3/i10D,11D,16D,21D,28D,29D,30D. The van der Waals surface area contributed by atoms with Crippen molar-refractivity contribution in [2.24, 2.45) is 0 Å². The Morgan fingerprint density at radius 2 is 1.08 bits per heavy atom. The maximum Gasteiger partial charge on any atom is 0.145 e. The van der Waals surface area contributed by atoms with Crippen LogP contribution in [0.5, 0.6) is 0 Å². The van der Waals surface area contributed by atoms with Crippen molar-refractivity contribution in [2.45, 2.75) is 19.3 Å². The zero-order valence-electron chi connectivity index (χ0n) is 34.5. The summed E-state index contributed by atoms with van der Waals surface area (Å²) in [5.41, 5.74) is 7.14. The molecule has 1 heterocycles. The molecule has 0 amide bonds. The third-order valence-corrected chi connectivity index (χ3v) is 10.2. The Morgan fingerprint density at radius 1 is 0.520 bits per heavy atom. The van der Waals surface area contributed by atoms with Gasteiger partial charge in [0, 0.05) is 16.7 Å². The van der Waals surface area contributed by atoms with Gasteiger partial charge in [-0.1, -0.05) is 153 Å². The minimum Gasteiger partial charge on any atom is -0.292 e. The molecule has 0 bridgehead atoms. The molecule has 1 aliphatic rings. The van der Waals surface area contributed by atoms with E-state index in [-0.39, 0.29) is 53.4 Å². The average Bonchev–Trinajstić information content (AvgIpc) is 3.74. The van der Waals surface area contributed by atoms with Crippen LogP contribution in [0, 0.1) is 0 Å². The van der Waals surface area contributed by atoms with Crippen LogP contribution >= 0.6 is 0 Å². The minimum absolute atomic E-state index is 0.0535. The molecular weight excluding hydrogens is 605 g/mol. The number of para-hydroxylation sites is 3. The number of aromatic nitrogens is 2. The first-order valence-electron chi connectivity index (χ1n) is 20.3. The molecule has 9 aromatic rings. The Balaban J connectivity index is 1.20. The van der Waals surface area contributed by atoms with Gasteiger partial charge in [0.2, 0.25) is 0 Å². The number of nitrogens with zero attached hydrogens (tertiary/aromatic N) is 2. The summed E-state index contributed by atoms with van der Waals surface area (Å²) < 4.78 is 65.5. The highest BCUT2D eigenvalue weighted by molar-refractivity contribution is 6.21. The fraction of sp³-hybridized carbons (Fsp3) is 0.0625. The van der Waals surface area contributed by atoms with Gasteiger partial charge in [0.15, 0.2) is 0 Å². The lowest BCUT2D eigenvalue weighted by Gasteiger charge is -2.23. The number of benzene rings is 8. The van der Waals surface area contributed by atoms with E-state index < -0.39 is 5.41 Å². The highest BCUT2D eigenvalue weighted by atomic mass is 15.1. The molecule has 2 nitrogen and oxygen atoms in total. The average molecular weight is 646 g/mol. The number of imidazole rings is 1. The highest BCUT2D eigenvalue weighted by Gasteiger charge is 2.35. The van der Waals surface area contributed by atoms with Crippen molar-refractivity contribution < 1.29 is 9.60 Å². The highest BCUT2D eigenvalue weighted by Crippen LogP contribution is 2.51. The van der Waals surface area contributed by atoms with Crippen LogP contribution in [0.1, 0.15) is 34.6 Å². The molecular formula is C48H34N2. The van der Waals surface area contributed by atoms with Crippen LogP contribution in [-0.2, 0) is 5.41 Å². The predicted molar refractivity (Wildman–Crippen MR) is 210 cm³/mol. The van der Waals surface area contributed by atoms with Gasteiger partial charge in [-0.3, -0.25) is 4.57 Å². The van der Waals surface area contributed by atoms with Crippen LogP contribution in [0.2, 0.25) is 0 Å². The lowest BCUT2D eigenvalue weighted by atomic mass is 9.80. The van der Waals surface area contributed by atoms with Crippen LogP contribution in [0.3, 0.4) is 0 Å². The normalized spacial score (nSPS) is 15.1. The maximum absolute atomic E-state index is 9.85. The molecule has 8 aromatic carbocycles. The lowest BCUT2D eigenvalue weighted by Crippen LogP contribution is -2.14. The van der Waals surface area contributed by atoms with Crippen molar-refractivity contribution in [3.63, 3.8) is 0 Å². The first-order chi connectivity index (χ1) is 27.5. The summed E-state index contributed by atoms with van der Waals surface area (Å²) in [6, 6.07) is 41.5. The summed E-state index contributed by atoms with van der Waals surface area (Å²) >= 11 is 0. The number of hydrogen-bond donors (Lipinski definition) is 0. The second-order valence-electron chi connectivity index (χ2n) is 13.4. The van der Waals surface area contributed by atoms with Crippen molar-refractivity contribution in [1.29, 1.82) is 0 Å². The molecule has 0 saturated carbocycles. The quantitative estimate of drug-likeness (QED) is 0.174. The zero-order chi connectivity index (χ0) is 39.5. The van der Waals surface area contributed by atoms with Crippen molar-refractivity contribution in [1.82, 2.24) is 9.55 Å². The fourth-order valence-electron chi connectivity index (χ4n) is 7.83. The van der Waals surface area contributed by atoms with Crippen LogP contribution in [0.15, 0.2) is 170 Å². The van der Waals surface area contributed by atoms with Gasteiger partial charge in [-0.15, -0.1) is 0 Å². The van der Waals surface area contributed by atoms with E-state index in [4.69, 9.17) is 10.5 Å². The van der Waals surface area contributed by atoms with Crippen LogP contribution < -0.4 is 0 Å². The van der Waals surface area contributed by atoms with Gasteiger partial charge in [-0.05, 0) is 96.4 Å². The van der Waals surface area contributed by atoms with Gasteiger partial charge in [0.25, 0.3) is 0 Å². The Labute approximate surface area is 301 Å². The van der Waals surface area contributed by atoms with Crippen molar-refractivity contribution in [3.05, 3.63) is 181 Å². The van der Waals surface area contributed by atoms with Gasteiger partial charge in [0.05, 0.1) is 20.6 Å². The molecule has 0 saturated heterocycles. The van der Waals surface area contributed by atoms with Gasteiger partial charge < -0.3 is 0 Å². The number of hydrogen-bond acceptors (Lipinski definition) is 1. The molecule has 10 rings (SSSR count). The molecule has 0 unspecified atom stereocenters. The molecule has 1 aromatic heterocycles. The summed E-state index contributed by atoms with van der Waals surface area (Å²) in [5, 5.41) is 3.53. The van der Waals surface area contributed by atoms with Crippen molar-refractivity contribution in [2.75, 3.05) is 0 Å². The zero-order valence-corrected chi connectivity index (χ0v) is 27.5. The van der Waals surface area contributed by atoms with E-state index in [1.54, 1.807) is 0 Å². The molecule has 50 heavy (non-hydrogen) atoms. The summed E-state index contributed by atoms with van der Waals surface area (Å²) in [6.45, 7) is 3.70. The second-order valence-corrected chi connectivity index (χ2v) is 13.4. The van der Waals surface area contributed by atoms with E-state index in [0.717, 1.165) is 60.8 Å². The third kappa shape index (κ3) is 4.18. The Kier molecular flexibility index (Phi) is 4.87. The molecule has 0 N–H and O–H groups in total. The van der Waals surface area contributed by atoms with Gasteiger partial charge >= 0.3 is 0 Å². The maximum atomic E-state index is 9.85. The van der Waals surface area contributed by atoms with Gasteiger partial charge in [0.1, 0.15) is 5.82 Å². The Hall–Kier alpha value is -6.25. The lowest BCUT2D eigenvalue weighted by molar-refractivity contribution is 0.660. The predicted octanol–water partition coefficient (Wildman–Crippen LogP) is 12.6. The topological polar surface area (TPSA) is 17.8 Å². The second kappa shape index (κ2) is 10.9. The molecule has 0 fully saturated rings. The molecule has 0 radical (unpaired) electrons. The largest absolute Gasteiger partial charge is 0.292 e. The van der Waals surface area contributed by atoms with Gasteiger partial charge in [-0.25, -0.2) is 4.98 Å². The molecule has 236 valence electrons. The Bertz CT molecular complexity index is 3110. The van der Waals surface area contributed by atoms with Crippen molar-refractivity contribution in [3.8, 4) is 50.5 Å². The smallest absolute Gasteiger partial charge is 0.145 e. The molecule has 0 atom stereocenters. The number of fused-ring (bicyclic) bond motifs is 6. The van der Waals surface area contributed by atoms with E-state index >= 15 is 0 Å². The van der Waals surface area contributed by atoms with E-state index in [2.05, 4.69) is 59.2 Å². The summed E-state index contributed by atoms with van der Waals surface area (Å²) in [7, 11) is 0. The van der Waals surface area contributed by atoms with E-state index in [1.165, 1.54) is 0 Å². The molecule has 1 aliphatic carbocycles. The molecule has 0 aliphatic heterocycles. The monoisotopic (exact) mass is 645 g/mol. The van der Waals surface area contributed by atoms with Crippen LogP contribution in [-0.4, -0.2) is 9.55 Å². The van der Waals surface area contributed by atoms with E-state index in [1.807, 2.05) is 86.6 Å².